The van der Waals surface area contributed by atoms with Gasteiger partial charge in [-0.05, 0) is 11.6 Å². The van der Waals surface area contributed by atoms with Crippen molar-refractivity contribution in [2.75, 3.05) is 5.73 Å². The largest absolute Gasteiger partial charge is 0.289 e. The van der Waals surface area contributed by atoms with Crippen LogP contribution in [0.3, 0.4) is 0 Å². The van der Waals surface area contributed by atoms with Crippen LogP contribution in [0.4, 0.5) is 11.5 Å². The summed E-state index contributed by atoms with van der Waals surface area (Å²) < 4.78 is 0. The highest BCUT2D eigenvalue weighted by atomic mass is 32.2. The minimum Gasteiger partial charge on any atom is -0.286 e. The zero-order chi connectivity index (χ0) is 16.1. The van der Waals surface area contributed by atoms with Gasteiger partial charge in [-0.3, -0.25) is 15.8 Å². The monoisotopic (exact) mass is 312 g/mol. The number of nitriles is 2. The van der Waals surface area contributed by atoms with E-state index in [-0.39, 0.29) is 17.1 Å². The first-order chi connectivity index (χ1) is 10.5. The highest BCUT2D eigenvalue weighted by Gasteiger charge is 2.14. The lowest BCUT2D eigenvalue weighted by Gasteiger charge is -2.03. The number of aromatic amines is 1. The molecule has 108 valence electrons. The lowest BCUT2D eigenvalue weighted by molar-refractivity contribution is -0.410. The minimum absolute atomic E-state index is 0.0284. The van der Waals surface area contributed by atoms with E-state index in [1.807, 2.05) is 12.1 Å². The van der Waals surface area contributed by atoms with Crippen molar-refractivity contribution in [2.45, 2.75) is 10.8 Å². The highest BCUT2D eigenvalue weighted by molar-refractivity contribution is 7.98. The van der Waals surface area contributed by atoms with Gasteiger partial charge in [0.1, 0.15) is 23.3 Å². The number of H-pyrrole nitrogens is 1. The molecule has 0 fully saturated rings. The Bertz CT molecular complexity index is 806. The number of nitro benzene ring substituents is 1. The van der Waals surface area contributed by atoms with Gasteiger partial charge in [0.25, 0.3) is 11.5 Å². The fraction of sp³-hybridized carbons (Fsp3) is 0.0714. The van der Waals surface area contributed by atoms with E-state index in [4.69, 9.17) is 16.3 Å². The summed E-state index contributed by atoms with van der Waals surface area (Å²) in [5, 5.41) is 29.1. The summed E-state index contributed by atoms with van der Waals surface area (Å²) in [5.74, 6) is 0.710. The fourth-order valence-corrected chi connectivity index (χ4v) is 2.65. The van der Waals surface area contributed by atoms with E-state index >= 15 is 0 Å². The van der Waals surface area contributed by atoms with Crippen LogP contribution in [0.1, 0.15) is 16.7 Å². The molecule has 0 amide bonds. The lowest BCUT2D eigenvalue weighted by Crippen LogP contribution is -2.16. The van der Waals surface area contributed by atoms with Gasteiger partial charge in [0.05, 0.1) is 4.92 Å². The third kappa shape index (κ3) is 3.32. The third-order valence-electron chi connectivity index (χ3n) is 2.84. The van der Waals surface area contributed by atoms with Gasteiger partial charge in [0.15, 0.2) is 5.03 Å². The van der Waals surface area contributed by atoms with Gasteiger partial charge in [-0.1, -0.05) is 23.9 Å². The summed E-state index contributed by atoms with van der Waals surface area (Å²) in [6.45, 7) is 0. The Labute approximate surface area is 130 Å². The number of nitrogen functional groups attached to an aromatic ring is 1. The van der Waals surface area contributed by atoms with Crippen molar-refractivity contribution >= 4 is 23.3 Å². The second-order valence-corrected chi connectivity index (χ2v) is 5.26. The average Bonchev–Trinajstić information content (AvgIpc) is 2.53. The van der Waals surface area contributed by atoms with Gasteiger partial charge in [-0.15, -0.1) is 0 Å². The van der Waals surface area contributed by atoms with E-state index in [9.17, 15) is 10.1 Å². The molecule has 0 unspecified atom stereocenters. The number of nitrogens with two attached hydrogens (primary N) is 1. The van der Waals surface area contributed by atoms with Crippen LogP contribution in [-0.2, 0) is 5.75 Å². The Morgan fingerprint density at radius 2 is 1.86 bits per heavy atom. The molecule has 2 rings (SSSR count). The van der Waals surface area contributed by atoms with Crippen molar-refractivity contribution in [1.82, 2.24) is 0 Å². The maximum atomic E-state index is 10.6. The first-order valence-corrected chi connectivity index (χ1v) is 7.06. The summed E-state index contributed by atoms with van der Waals surface area (Å²) in [6.07, 6.45) is 0. The van der Waals surface area contributed by atoms with Crippen molar-refractivity contribution in [3.05, 3.63) is 57.1 Å². The Kier molecular flexibility index (Phi) is 4.57. The molecule has 0 bridgehead atoms. The molecule has 0 aliphatic rings. The molecule has 1 aromatic carbocycles. The van der Waals surface area contributed by atoms with E-state index in [1.54, 1.807) is 12.1 Å². The summed E-state index contributed by atoms with van der Waals surface area (Å²) in [6, 6.07) is 11.5. The zero-order valence-corrected chi connectivity index (χ0v) is 12.1. The SMILES string of the molecule is N#Cc1cc(C#N)c(SCc2ccc([N+](=O)[O-])cc2)[nH+]c1N. The minimum atomic E-state index is -0.459. The molecule has 0 aliphatic carbocycles. The highest BCUT2D eigenvalue weighted by Crippen LogP contribution is 2.24. The van der Waals surface area contributed by atoms with Crippen LogP contribution in [-0.4, -0.2) is 4.92 Å². The van der Waals surface area contributed by atoms with Gasteiger partial charge in [-0.2, -0.15) is 10.5 Å². The van der Waals surface area contributed by atoms with E-state index < -0.39 is 4.92 Å². The molecule has 0 saturated carbocycles. The first-order valence-electron chi connectivity index (χ1n) is 6.07. The predicted octanol–water partition coefficient (Wildman–Crippen LogP) is 2.03. The van der Waals surface area contributed by atoms with Crippen LogP contribution < -0.4 is 10.7 Å². The molecule has 1 aromatic heterocycles. The van der Waals surface area contributed by atoms with Crippen molar-refractivity contribution in [2.24, 2.45) is 0 Å². The molecule has 0 spiro atoms. The molecule has 2 aromatic rings. The Hall–Kier alpha value is -3.10. The number of nitrogens with zero attached hydrogens (tertiary/aromatic N) is 3. The first kappa shape index (κ1) is 15.3. The summed E-state index contributed by atoms with van der Waals surface area (Å²) in [7, 11) is 0. The van der Waals surface area contributed by atoms with Gasteiger partial charge >= 0.3 is 0 Å². The molecular formula is C14H10N5O2S+. The number of pyridine rings is 1. The number of nitrogens with one attached hydrogen (secondary N) is 1. The van der Waals surface area contributed by atoms with Gasteiger partial charge in [0.2, 0.25) is 0 Å². The number of non-ortho nitro benzene ring substituents is 1. The second-order valence-electron chi connectivity index (χ2n) is 4.28. The van der Waals surface area contributed by atoms with Crippen LogP contribution in [0.25, 0.3) is 0 Å². The Balaban J connectivity index is 2.18. The number of hydrogen-bond acceptors (Lipinski definition) is 6. The number of benzene rings is 1. The standard InChI is InChI=1S/C14H9N5O2S/c15-6-10-5-11(7-16)14(18-13(10)17)22-8-9-1-3-12(4-2-9)19(20)21/h1-5H,8H2,(H2,17,18)/p+1. The molecule has 8 heteroatoms. The van der Waals surface area contributed by atoms with Crippen molar-refractivity contribution in [3.63, 3.8) is 0 Å². The zero-order valence-electron chi connectivity index (χ0n) is 11.2. The summed E-state index contributed by atoms with van der Waals surface area (Å²) >= 11 is 1.34. The van der Waals surface area contributed by atoms with Crippen LogP contribution >= 0.6 is 11.8 Å². The third-order valence-corrected chi connectivity index (χ3v) is 3.93. The summed E-state index contributed by atoms with van der Waals surface area (Å²) in [5.41, 5.74) is 7.15. The maximum absolute atomic E-state index is 10.6. The van der Waals surface area contributed by atoms with Gasteiger partial charge in [-0.25, -0.2) is 4.98 Å². The van der Waals surface area contributed by atoms with E-state index in [0.29, 0.717) is 16.3 Å². The van der Waals surface area contributed by atoms with Crippen LogP contribution in [0.5, 0.6) is 0 Å². The van der Waals surface area contributed by atoms with Crippen molar-refractivity contribution in [3.8, 4) is 12.1 Å². The summed E-state index contributed by atoms with van der Waals surface area (Å²) in [4.78, 5) is 13.0. The lowest BCUT2D eigenvalue weighted by atomic mass is 10.2. The predicted molar refractivity (Wildman–Crippen MR) is 79.5 cm³/mol. The molecule has 0 saturated heterocycles. The molecule has 0 radical (unpaired) electrons. The number of nitro groups is 1. The average molecular weight is 312 g/mol. The number of anilines is 1. The van der Waals surface area contributed by atoms with Crippen LogP contribution in [0.2, 0.25) is 0 Å². The van der Waals surface area contributed by atoms with E-state index in [0.717, 1.165) is 5.56 Å². The smallest absolute Gasteiger partial charge is 0.286 e. The molecule has 1 heterocycles. The van der Waals surface area contributed by atoms with Gasteiger partial charge < -0.3 is 0 Å². The second kappa shape index (κ2) is 6.57. The number of rotatable bonds is 4. The van der Waals surface area contributed by atoms with E-state index in [2.05, 4.69) is 4.98 Å². The maximum Gasteiger partial charge on any atom is 0.289 e. The topological polar surface area (TPSA) is 131 Å². The Morgan fingerprint density at radius 3 is 2.41 bits per heavy atom. The quantitative estimate of drug-likeness (QED) is 0.522. The number of thioether (sulfide) groups is 1. The van der Waals surface area contributed by atoms with Crippen molar-refractivity contribution in [1.29, 1.82) is 10.5 Å². The van der Waals surface area contributed by atoms with Crippen LogP contribution in [0, 0.1) is 32.8 Å². The molecule has 22 heavy (non-hydrogen) atoms. The Morgan fingerprint density at radius 1 is 1.23 bits per heavy atom. The van der Waals surface area contributed by atoms with E-state index in [1.165, 1.54) is 30.0 Å². The number of aromatic nitrogens is 1. The molecule has 3 N–H and O–H groups in total. The van der Waals surface area contributed by atoms with Gasteiger partial charge in [0, 0.05) is 17.9 Å². The molecule has 0 atom stereocenters. The fourth-order valence-electron chi connectivity index (χ4n) is 1.70. The van der Waals surface area contributed by atoms with Crippen molar-refractivity contribution < 1.29 is 9.91 Å². The molecular weight excluding hydrogens is 302 g/mol. The molecule has 7 nitrogen and oxygen atoms in total. The number of hydrogen-bond donors (Lipinski definition) is 1. The molecule has 0 aliphatic heterocycles. The van der Waals surface area contributed by atoms with Crippen LogP contribution in [0.15, 0.2) is 35.4 Å². The normalized spacial score (nSPS) is 9.73.